The van der Waals surface area contributed by atoms with Gasteiger partial charge in [-0.3, -0.25) is 15.0 Å². The molecule has 0 radical (unpaired) electrons. The van der Waals surface area contributed by atoms with Crippen LogP contribution >= 0.6 is 0 Å². The van der Waals surface area contributed by atoms with Gasteiger partial charge in [0.1, 0.15) is 13.2 Å². The van der Waals surface area contributed by atoms with Crippen LogP contribution in [0.25, 0.3) is 0 Å². The third-order valence-electron chi connectivity index (χ3n) is 4.50. The smallest absolute Gasteiger partial charge is 0.272 e. The number of nitrogens with zero attached hydrogens (tertiary/aromatic N) is 1. The van der Waals surface area contributed by atoms with E-state index in [9.17, 15) is 9.59 Å². The van der Waals surface area contributed by atoms with Crippen molar-refractivity contribution in [2.24, 2.45) is 0 Å². The maximum atomic E-state index is 13.2. The number of ether oxygens (including phenoxy) is 2. The van der Waals surface area contributed by atoms with E-state index in [-0.39, 0.29) is 11.8 Å². The molecule has 0 fully saturated rings. The number of amides is 2. The van der Waals surface area contributed by atoms with Crippen LogP contribution in [0.5, 0.6) is 11.5 Å². The third kappa shape index (κ3) is 4.27. The molecule has 2 aromatic carbocycles. The average Bonchev–Trinajstić information content (AvgIpc) is 2.70. The Hall–Kier alpha value is -3.02. The number of fused-ring (bicyclic) bond motifs is 1. The van der Waals surface area contributed by atoms with Crippen molar-refractivity contribution < 1.29 is 19.1 Å². The van der Waals surface area contributed by atoms with Gasteiger partial charge in [0.15, 0.2) is 11.5 Å². The number of carbonyl (C=O) groups excluding carboxylic acids is 2. The Balaban J connectivity index is 1.83. The molecule has 6 heteroatoms. The van der Waals surface area contributed by atoms with Crippen LogP contribution in [0.4, 0.5) is 0 Å². The Morgan fingerprint density at radius 2 is 1.57 bits per heavy atom. The van der Waals surface area contributed by atoms with Crippen LogP contribution < -0.4 is 14.9 Å². The van der Waals surface area contributed by atoms with Gasteiger partial charge in [-0.05, 0) is 63.1 Å². The van der Waals surface area contributed by atoms with Crippen molar-refractivity contribution >= 4 is 11.8 Å². The Morgan fingerprint density at radius 1 is 0.964 bits per heavy atom. The summed E-state index contributed by atoms with van der Waals surface area (Å²) in [6.45, 7) is 8.58. The van der Waals surface area contributed by atoms with Crippen molar-refractivity contribution in [3.63, 3.8) is 0 Å². The lowest BCUT2D eigenvalue weighted by atomic mass is 10.1. The first kappa shape index (κ1) is 19.7. The molecule has 1 N–H and O–H groups in total. The minimum atomic E-state index is -0.622. The molecule has 0 saturated heterocycles. The van der Waals surface area contributed by atoms with Crippen LogP contribution in [-0.2, 0) is 6.42 Å². The second-order valence-electron chi connectivity index (χ2n) is 7.66. The number of hydrogen-bond acceptors (Lipinski definition) is 4. The van der Waals surface area contributed by atoms with Gasteiger partial charge in [0.2, 0.25) is 0 Å². The molecule has 0 aliphatic carbocycles. The summed E-state index contributed by atoms with van der Waals surface area (Å²) in [5.74, 6) is 0.504. The fraction of sp³-hybridized carbons (Fsp3) is 0.364. The lowest BCUT2D eigenvalue weighted by Gasteiger charge is -2.35. The van der Waals surface area contributed by atoms with Gasteiger partial charge in [-0.2, -0.15) is 0 Å². The first-order valence-electron chi connectivity index (χ1n) is 9.43. The molecule has 0 spiro atoms. The van der Waals surface area contributed by atoms with Crippen molar-refractivity contribution in [1.82, 2.24) is 10.4 Å². The van der Waals surface area contributed by atoms with Crippen molar-refractivity contribution in [1.29, 1.82) is 0 Å². The lowest BCUT2D eigenvalue weighted by molar-refractivity contribution is 0.0358. The molecule has 1 aliphatic rings. The van der Waals surface area contributed by atoms with Crippen LogP contribution in [0.15, 0.2) is 42.5 Å². The average molecular weight is 382 g/mol. The Labute approximate surface area is 165 Å². The number of carbonyl (C=O) groups is 2. The SMILES string of the molecule is CCc1ccc(C(=O)NN(C(=O)c2ccc3c(c2)OCCO3)C(C)(C)C)cc1. The Morgan fingerprint density at radius 3 is 2.18 bits per heavy atom. The highest BCUT2D eigenvalue weighted by Gasteiger charge is 2.30. The summed E-state index contributed by atoms with van der Waals surface area (Å²) < 4.78 is 11.1. The number of rotatable bonds is 3. The zero-order valence-electron chi connectivity index (χ0n) is 16.7. The van der Waals surface area contributed by atoms with Gasteiger partial charge in [0.25, 0.3) is 11.8 Å². The van der Waals surface area contributed by atoms with E-state index in [1.807, 2.05) is 32.9 Å². The third-order valence-corrected chi connectivity index (χ3v) is 4.50. The van der Waals surface area contributed by atoms with E-state index in [2.05, 4.69) is 12.3 Å². The minimum absolute atomic E-state index is 0.317. The molecular weight excluding hydrogens is 356 g/mol. The zero-order valence-corrected chi connectivity index (χ0v) is 16.7. The van der Waals surface area contributed by atoms with Gasteiger partial charge in [0, 0.05) is 11.1 Å². The molecular formula is C22H26N2O4. The molecule has 1 heterocycles. The molecule has 0 saturated carbocycles. The summed E-state index contributed by atoms with van der Waals surface area (Å²) in [7, 11) is 0. The second-order valence-corrected chi connectivity index (χ2v) is 7.66. The molecule has 1 aliphatic heterocycles. The van der Waals surface area contributed by atoms with Gasteiger partial charge < -0.3 is 9.47 Å². The van der Waals surface area contributed by atoms with Gasteiger partial charge in [-0.25, -0.2) is 5.01 Å². The summed E-state index contributed by atoms with van der Waals surface area (Å²) in [4.78, 5) is 25.9. The second kappa shape index (κ2) is 7.92. The first-order chi connectivity index (χ1) is 13.3. The normalized spacial score (nSPS) is 13.0. The maximum Gasteiger partial charge on any atom is 0.272 e. The molecule has 2 aromatic rings. The van der Waals surface area contributed by atoms with Crippen molar-refractivity contribution in [2.75, 3.05) is 13.2 Å². The van der Waals surface area contributed by atoms with Crippen LogP contribution in [0, 0.1) is 0 Å². The molecule has 28 heavy (non-hydrogen) atoms. The van der Waals surface area contributed by atoms with Crippen molar-refractivity contribution in [3.8, 4) is 11.5 Å². The summed E-state index contributed by atoms with van der Waals surface area (Å²) in [5, 5.41) is 1.36. The highest BCUT2D eigenvalue weighted by molar-refractivity contribution is 5.99. The molecule has 148 valence electrons. The number of aryl methyl sites for hydroxylation is 1. The van der Waals surface area contributed by atoms with E-state index >= 15 is 0 Å². The molecule has 2 amide bonds. The van der Waals surface area contributed by atoms with Crippen LogP contribution in [0.3, 0.4) is 0 Å². The van der Waals surface area contributed by atoms with E-state index in [4.69, 9.17) is 9.47 Å². The summed E-state index contributed by atoms with van der Waals surface area (Å²) in [6.07, 6.45) is 0.901. The van der Waals surface area contributed by atoms with E-state index in [0.29, 0.717) is 35.8 Å². The predicted molar refractivity (Wildman–Crippen MR) is 107 cm³/mol. The fourth-order valence-electron chi connectivity index (χ4n) is 2.89. The highest BCUT2D eigenvalue weighted by Crippen LogP contribution is 2.31. The molecule has 0 atom stereocenters. The number of hydrogen-bond donors (Lipinski definition) is 1. The topological polar surface area (TPSA) is 67.9 Å². The molecule has 0 aromatic heterocycles. The Bertz CT molecular complexity index is 869. The summed E-state index contributed by atoms with van der Waals surface area (Å²) >= 11 is 0. The van der Waals surface area contributed by atoms with E-state index in [1.54, 1.807) is 30.3 Å². The van der Waals surface area contributed by atoms with E-state index < -0.39 is 5.54 Å². The zero-order chi connectivity index (χ0) is 20.3. The van der Waals surface area contributed by atoms with Gasteiger partial charge >= 0.3 is 0 Å². The highest BCUT2D eigenvalue weighted by atomic mass is 16.6. The Kier molecular flexibility index (Phi) is 5.58. The van der Waals surface area contributed by atoms with Gasteiger partial charge in [-0.15, -0.1) is 0 Å². The van der Waals surface area contributed by atoms with Crippen LogP contribution in [0.1, 0.15) is 54.0 Å². The number of benzene rings is 2. The predicted octanol–water partition coefficient (Wildman–Crippen LogP) is 3.61. The molecule has 0 unspecified atom stereocenters. The lowest BCUT2D eigenvalue weighted by Crippen LogP contribution is -2.55. The standard InChI is InChI=1S/C22H26N2O4/c1-5-15-6-8-16(9-7-15)20(25)23-24(22(2,3)4)21(26)17-10-11-18-19(14-17)28-13-12-27-18/h6-11,14H,5,12-13H2,1-4H3,(H,23,25). The van der Waals surface area contributed by atoms with Crippen LogP contribution in [0.2, 0.25) is 0 Å². The van der Waals surface area contributed by atoms with Crippen molar-refractivity contribution in [3.05, 3.63) is 59.2 Å². The molecule has 0 bridgehead atoms. The largest absolute Gasteiger partial charge is 0.486 e. The van der Waals surface area contributed by atoms with Gasteiger partial charge in [-0.1, -0.05) is 19.1 Å². The monoisotopic (exact) mass is 382 g/mol. The van der Waals surface area contributed by atoms with Crippen molar-refractivity contribution in [2.45, 2.75) is 39.7 Å². The fourth-order valence-corrected chi connectivity index (χ4v) is 2.89. The maximum absolute atomic E-state index is 13.2. The summed E-state index contributed by atoms with van der Waals surface area (Å²) in [5.41, 5.74) is 4.21. The van der Waals surface area contributed by atoms with E-state index in [1.165, 1.54) is 5.01 Å². The number of nitrogens with one attached hydrogen (secondary N) is 1. The quantitative estimate of drug-likeness (QED) is 0.824. The molecule has 3 rings (SSSR count). The molecule has 6 nitrogen and oxygen atoms in total. The minimum Gasteiger partial charge on any atom is -0.486 e. The first-order valence-corrected chi connectivity index (χ1v) is 9.43. The summed E-state index contributed by atoms with van der Waals surface area (Å²) in [6, 6.07) is 12.4. The van der Waals surface area contributed by atoms with Gasteiger partial charge in [0.05, 0.1) is 5.54 Å². The van der Waals surface area contributed by atoms with Crippen LogP contribution in [-0.4, -0.2) is 35.6 Å². The van der Waals surface area contributed by atoms with E-state index in [0.717, 1.165) is 12.0 Å². The number of hydrazine groups is 1.